The van der Waals surface area contributed by atoms with Gasteiger partial charge in [0.2, 0.25) is 5.91 Å². The predicted molar refractivity (Wildman–Crippen MR) is 129 cm³/mol. The Bertz CT molecular complexity index is 1050. The standard InChI is InChI=1S/C25H31F3N4O3S/c1-2-16-17(6-7-20(33)23(16)21-11-30-13-36-21)18-9-29-10-19(18)32-22(34)12-31-24(35)14-4-3-5-15(8-14)25(26,27)28/h3-5,8,11,13,16-20,23,29,33H,2,6-7,9-10,12H2,1H3,(H,31,35)(H,32,34)/t16?,17?,18?,19-,20?,23?/m0/s1. The van der Waals surface area contributed by atoms with Crippen LogP contribution in [0.1, 0.15) is 52.9 Å². The van der Waals surface area contributed by atoms with Gasteiger partial charge in [-0.25, -0.2) is 0 Å². The van der Waals surface area contributed by atoms with Crippen LogP contribution in [0, 0.1) is 17.8 Å². The molecule has 0 bridgehead atoms. The Morgan fingerprint density at radius 2 is 2.03 bits per heavy atom. The summed E-state index contributed by atoms with van der Waals surface area (Å²) in [5, 5.41) is 19.6. The van der Waals surface area contributed by atoms with E-state index in [0.717, 1.165) is 42.5 Å². The van der Waals surface area contributed by atoms with E-state index in [2.05, 4.69) is 27.9 Å². The summed E-state index contributed by atoms with van der Waals surface area (Å²) < 4.78 is 38.8. The van der Waals surface area contributed by atoms with Crippen molar-refractivity contribution in [2.75, 3.05) is 19.6 Å². The van der Waals surface area contributed by atoms with E-state index in [4.69, 9.17) is 0 Å². The number of nitrogens with zero attached hydrogens (tertiary/aromatic N) is 1. The number of benzene rings is 1. The number of aliphatic hydroxyl groups is 1. The van der Waals surface area contributed by atoms with E-state index in [1.54, 1.807) is 16.8 Å². The highest BCUT2D eigenvalue weighted by Crippen LogP contribution is 2.48. The first kappa shape index (κ1) is 26.6. The molecule has 0 radical (unpaired) electrons. The van der Waals surface area contributed by atoms with Gasteiger partial charge < -0.3 is 21.1 Å². The molecule has 1 aromatic heterocycles. The number of aromatic nitrogens is 1. The first-order valence-corrected chi connectivity index (χ1v) is 13.1. The monoisotopic (exact) mass is 524 g/mol. The number of aliphatic hydroxyl groups excluding tert-OH is 1. The molecule has 2 aliphatic rings. The Hall–Kier alpha value is -2.50. The summed E-state index contributed by atoms with van der Waals surface area (Å²) in [4.78, 5) is 30.3. The lowest BCUT2D eigenvalue weighted by atomic mass is 9.63. The number of rotatable bonds is 7. The summed E-state index contributed by atoms with van der Waals surface area (Å²) in [6.07, 6.45) is -0.686. The van der Waals surface area contributed by atoms with E-state index in [-0.39, 0.29) is 35.9 Å². The number of halogens is 3. The summed E-state index contributed by atoms with van der Waals surface area (Å²) in [5.74, 6) is -0.399. The zero-order chi connectivity index (χ0) is 25.9. The van der Waals surface area contributed by atoms with E-state index in [9.17, 15) is 27.9 Å². The molecule has 2 aromatic rings. The van der Waals surface area contributed by atoms with Gasteiger partial charge in [-0.05, 0) is 48.8 Å². The minimum Gasteiger partial charge on any atom is -0.392 e. The Morgan fingerprint density at radius 3 is 2.72 bits per heavy atom. The zero-order valence-corrected chi connectivity index (χ0v) is 20.7. The molecule has 36 heavy (non-hydrogen) atoms. The molecule has 1 aliphatic carbocycles. The van der Waals surface area contributed by atoms with Gasteiger partial charge in [-0.3, -0.25) is 14.6 Å². The molecule has 2 amide bonds. The fraction of sp³-hybridized carbons (Fsp3) is 0.560. The third kappa shape index (κ3) is 5.90. The first-order valence-electron chi connectivity index (χ1n) is 12.2. The maximum absolute atomic E-state index is 12.9. The molecule has 11 heteroatoms. The minimum absolute atomic E-state index is 0.0185. The Morgan fingerprint density at radius 1 is 1.22 bits per heavy atom. The van der Waals surface area contributed by atoms with Crippen LogP contribution in [0.3, 0.4) is 0 Å². The number of hydrogen-bond donors (Lipinski definition) is 4. The molecular formula is C25H31F3N4O3S. The summed E-state index contributed by atoms with van der Waals surface area (Å²) in [5.41, 5.74) is 0.713. The molecule has 1 saturated carbocycles. The molecule has 6 atom stereocenters. The molecule has 1 aliphatic heterocycles. The van der Waals surface area contributed by atoms with Gasteiger partial charge in [0, 0.05) is 41.7 Å². The third-order valence-electron chi connectivity index (χ3n) is 7.49. The molecule has 4 N–H and O–H groups in total. The molecule has 0 spiro atoms. The SMILES string of the molecule is CCC1C(C2CNC[C@@H]2NC(=O)CNC(=O)c2cccc(C(F)(F)F)c2)CCC(O)C1c1cncs1. The average Bonchev–Trinajstić information content (AvgIpc) is 3.54. The Labute approximate surface area is 211 Å². The van der Waals surface area contributed by atoms with E-state index in [0.29, 0.717) is 18.9 Å². The van der Waals surface area contributed by atoms with Crippen molar-refractivity contribution in [1.29, 1.82) is 0 Å². The second kappa shape index (κ2) is 11.3. The molecular weight excluding hydrogens is 493 g/mol. The van der Waals surface area contributed by atoms with Crippen molar-refractivity contribution in [1.82, 2.24) is 20.9 Å². The van der Waals surface area contributed by atoms with Crippen LogP contribution in [-0.2, 0) is 11.0 Å². The number of amides is 2. The van der Waals surface area contributed by atoms with E-state index in [1.165, 1.54) is 6.07 Å². The van der Waals surface area contributed by atoms with Crippen molar-refractivity contribution in [3.63, 3.8) is 0 Å². The van der Waals surface area contributed by atoms with Gasteiger partial charge in [0.25, 0.3) is 5.91 Å². The second-order valence-electron chi connectivity index (χ2n) is 9.57. The molecule has 1 aromatic carbocycles. The molecule has 7 nitrogen and oxygen atoms in total. The molecule has 196 valence electrons. The predicted octanol–water partition coefficient (Wildman–Crippen LogP) is 3.18. The maximum atomic E-state index is 12.9. The van der Waals surface area contributed by atoms with Crippen molar-refractivity contribution in [2.24, 2.45) is 17.8 Å². The summed E-state index contributed by atoms with van der Waals surface area (Å²) >= 11 is 1.56. The normalized spacial score (nSPS) is 28.6. The van der Waals surface area contributed by atoms with Crippen molar-refractivity contribution in [3.8, 4) is 0 Å². The number of thiazole rings is 1. The number of carbonyl (C=O) groups excluding carboxylic acids is 2. The smallest absolute Gasteiger partial charge is 0.392 e. The van der Waals surface area contributed by atoms with Gasteiger partial charge in [0.1, 0.15) is 0 Å². The van der Waals surface area contributed by atoms with Crippen molar-refractivity contribution in [2.45, 2.75) is 50.4 Å². The van der Waals surface area contributed by atoms with Gasteiger partial charge in [-0.1, -0.05) is 19.4 Å². The van der Waals surface area contributed by atoms with Crippen molar-refractivity contribution in [3.05, 3.63) is 52.0 Å². The van der Waals surface area contributed by atoms with Crippen LogP contribution in [-0.4, -0.2) is 53.7 Å². The lowest BCUT2D eigenvalue weighted by molar-refractivity contribution is -0.137. The highest BCUT2D eigenvalue weighted by molar-refractivity contribution is 7.09. The zero-order valence-electron chi connectivity index (χ0n) is 19.9. The minimum atomic E-state index is -4.55. The molecule has 2 fully saturated rings. The van der Waals surface area contributed by atoms with E-state index in [1.807, 2.05) is 6.20 Å². The summed E-state index contributed by atoms with van der Waals surface area (Å²) in [7, 11) is 0. The van der Waals surface area contributed by atoms with Crippen LogP contribution in [0.2, 0.25) is 0 Å². The summed E-state index contributed by atoms with van der Waals surface area (Å²) in [6.45, 7) is 3.14. The molecule has 4 rings (SSSR count). The van der Waals surface area contributed by atoms with Crippen molar-refractivity contribution >= 4 is 23.2 Å². The topological polar surface area (TPSA) is 103 Å². The molecule has 5 unspecified atom stereocenters. The lowest BCUT2D eigenvalue weighted by Gasteiger charge is -2.44. The van der Waals surface area contributed by atoms with Gasteiger partial charge in [-0.2, -0.15) is 13.2 Å². The maximum Gasteiger partial charge on any atom is 0.416 e. The Kier molecular flexibility index (Phi) is 8.31. The summed E-state index contributed by atoms with van der Waals surface area (Å²) in [6, 6.07) is 3.97. The first-order chi connectivity index (χ1) is 17.2. The Balaban J connectivity index is 1.37. The highest BCUT2D eigenvalue weighted by Gasteiger charge is 2.45. The van der Waals surface area contributed by atoms with E-state index < -0.39 is 29.7 Å². The fourth-order valence-electron chi connectivity index (χ4n) is 5.85. The van der Waals surface area contributed by atoms with Crippen molar-refractivity contribution < 1.29 is 27.9 Å². The van der Waals surface area contributed by atoms with Crippen LogP contribution in [0.25, 0.3) is 0 Å². The van der Waals surface area contributed by atoms with Gasteiger partial charge in [0.15, 0.2) is 0 Å². The van der Waals surface area contributed by atoms with Crippen LogP contribution < -0.4 is 16.0 Å². The van der Waals surface area contributed by atoms with Crippen LogP contribution >= 0.6 is 11.3 Å². The number of hydrogen-bond acceptors (Lipinski definition) is 6. The number of carbonyl (C=O) groups is 2. The van der Waals surface area contributed by atoms with E-state index >= 15 is 0 Å². The largest absolute Gasteiger partial charge is 0.416 e. The fourth-order valence-corrected chi connectivity index (χ4v) is 6.71. The number of nitrogens with one attached hydrogen (secondary N) is 3. The quantitative estimate of drug-likeness (QED) is 0.446. The van der Waals surface area contributed by atoms with Crippen LogP contribution in [0.5, 0.6) is 0 Å². The van der Waals surface area contributed by atoms with Gasteiger partial charge in [-0.15, -0.1) is 11.3 Å². The third-order valence-corrected chi connectivity index (χ3v) is 8.37. The second-order valence-corrected chi connectivity index (χ2v) is 10.5. The number of alkyl halides is 3. The molecule has 2 heterocycles. The molecule has 1 saturated heterocycles. The van der Waals surface area contributed by atoms with Gasteiger partial charge in [0.05, 0.1) is 23.7 Å². The van der Waals surface area contributed by atoms with Gasteiger partial charge >= 0.3 is 6.18 Å². The van der Waals surface area contributed by atoms with Crippen LogP contribution in [0.15, 0.2) is 36.0 Å². The lowest BCUT2D eigenvalue weighted by Crippen LogP contribution is -2.49. The van der Waals surface area contributed by atoms with Crippen LogP contribution in [0.4, 0.5) is 13.2 Å². The average molecular weight is 525 g/mol. The highest BCUT2D eigenvalue weighted by atomic mass is 32.1.